The van der Waals surface area contributed by atoms with Crippen LogP contribution in [-0.2, 0) is 26.0 Å². The molecule has 0 bridgehead atoms. The van der Waals surface area contributed by atoms with Gasteiger partial charge in [0.2, 0.25) is 0 Å². The van der Waals surface area contributed by atoms with Gasteiger partial charge in [-0.1, -0.05) is 5.16 Å². The number of nitrogens with one attached hydrogen (secondary N) is 1. The summed E-state index contributed by atoms with van der Waals surface area (Å²) in [5.41, 5.74) is 1.90. The molecule has 0 unspecified atom stereocenters. The van der Waals surface area contributed by atoms with Crippen molar-refractivity contribution in [2.75, 3.05) is 18.1 Å². The summed E-state index contributed by atoms with van der Waals surface area (Å²) in [5, 5.41) is 6.42. The largest absolute Gasteiger partial charge is 0.489 e. The first kappa shape index (κ1) is 20.8. The van der Waals surface area contributed by atoms with Crippen molar-refractivity contribution >= 4 is 21.7 Å². The molecule has 0 saturated carbocycles. The van der Waals surface area contributed by atoms with E-state index in [4.69, 9.17) is 14.0 Å². The number of rotatable bonds is 7. The lowest BCUT2D eigenvalue weighted by atomic mass is 10.2. The van der Waals surface area contributed by atoms with Crippen molar-refractivity contribution in [3.05, 3.63) is 46.8 Å². The summed E-state index contributed by atoms with van der Waals surface area (Å²) >= 11 is 0. The molecule has 29 heavy (non-hydrogen) atoms. The molecule has 1 aliphatic rings. The molecule has 10 heteroatoms. The van der Waals surface area contributed by atoms with Gasteiger partial charge in [-0.2, -0.15) is 0 Å². The van der Waals surface area contributed by atoms with Crippen LogP contribution in [0.2, 0.25) is 0 Å². The number of esters is 1. The maximum atomic E-state index is 12.1. The molecule has 1 saturated heterocycles. The normalized spacial score (nSPS) is 17.7. The van der Waals surface area contributed by atoms with E-state index in [2.05, 4.69) is 10.5 Å². The SMILES string of the molecule is Cc1noc(C)c1COc1ccc(C(=O)OCC(=O)N[C@@H]2CCS(=O)(=O)C2)cc1. The Labute approximate surface area is 168 Å². The predicted molar refractivity (Wildman–Crippen MR) is 102 cm³/mol. The van der Waals surface area contributed by atoms with E-state index in [0.717, 1.165) is 11.3 Å². The Morgan fingerprint density at radius 3 is 2.55 bits per heavy atom. The topological polar surface area (TPSA) is 125 Å². The minimum atomic E-state index is -3.09. The average molecular weight is 422 g/mol. The predicted octanol–water partition coefficient (Wildman–Crippen LogP) is 1.33. The van der Waals surface area contributed by atoms with Gasteiger partial charge in [-0.15, -0.1) is 0 Å². The van der Waals surface area contributed by atoms with Gasteiger partial charge in [0.15, 0.2) is 16.4 Å². The van der Waals surface area contributed by atoms with Crippen molar-refractivity contribution < 1.29 is 32.0 Å². The molecule has 3 rings (SSSR count). The van der Waals surface area contributed by atoms with Crippen molar-refractivity contribution in [2.45, 2.75) is 32.9 Å². The second kappa shape index (κ2) is 8.64. The summed E-state index contributed by atoms with van der Waals surface area (Å²) in [6.45, 7) is 3.46. The number of carbonyl (C=O) groups is 2. The van der Waals surface area contributed by atoms with E-state index in [1.165, 1.54) is 12.1 Å². The maximum Gasteiger partial charge on any atom is 0.338 e. The van der Waals surface area contributed by atoms with Gasteiger partial charge in [-0.05, 0) is 44.5 Å². The summed E-state index contributed by atoms with van der Waals surface area (Å²) in [5.74, 6) is 0.0408. The number of hydrogen-bond donors (Lipinski definition) is 1. The van der Waals surface area contributed by atoms with E-state index in [1.807, 2.05) is 6.92 Å². The molecule has 1 aliphatic heterocycles. The second-order valence-electron chi connectivity index (χ2n) is 6.86. The molecule has 1 N–H and O–H groups in total. The zero-order valence-electron chi connectivity index (χ0n) is 16.1. The summed E-state index contributed by atoms with van der Waals surface area (Å²) in [7, 11) is -3.09. The summed E-state index contributed by atoms with van der Waals surface area (Å²) < 4.78 is 38.5. The zero-order valence-corrected chi connectivity index (χ0v) is 17.0. The molecular weight excluding hydrogens is 400 g/mol. The Hall–Kier alpha value is -2.88. The number of hydrogen-bond acceptors (Lipinski definition) is 8. The first-order chi connectivity index (χ1) is 13.7. The fraction of sp³-hybridized carbons (Fsp3) is 0.421. The van der Waals surface area contributed by atoms with Crippen molar-refractivity contribution in [3.63, 3.8) is 0 Å². The number of benzene rings is 1. The number of aryl methyl sites for hydroxylation is 2. The Morgan fingerprint density at radius 1 is 1.24 bits per heavy atom. The van der Waals surface area contributed by atoms with Gasteiger partial charge in [-0.3, -0.25) is 4.79 Å². The van der Waals surface area contributed by atoms with Crippen LogP contribution >= 0.6 is 0 Å². The Kier molecular flexibility index (Phi) is 6.21. The van der Waals surface area contributed by atoms with Gasteiger partial charge >= 0.3 is 5.97 Å². The molecule has 1 fully saturated rings. The zero-order chi connectivity index (χ0) is 21.0. The quantitative estimate of drug-likeness (QED) is 0.663. The first-order valence-corrected chi connectivity index (χ1v) is 10.9. The van der Waals surface area contributed by atoms with E-state index in [-0.39, 0.29) is 17.1 Å². The minimum absolute atomic E-state index is 0.0579. The van der Waals surface area contributed by atoms with Crippen LogP contribution in [0.25, 0.3) is 0 Å². The number of carbonyl (C=O) groups excluding carboxylic acids is 2. The monoisotopic (exact) mass is 422 g/mol. The molecule has 2 aromatic rings. The van der Waals surface area contributed by atoms with Crippen molar-refractivity contribution in [2.24, 2.45) is 0 Å². The van der Waals surface area contributed by atoms with Gasteiger partial charge in [0.05, 0.1) is 28.3 Å². The molecule has 0 aliphatic carbocycles. The van der Waals surface area contributed by atoms with E-state index in [1.54, 1.807) is 19.1 Å². The maximum absolute atomic E-state index is 12.1. The smallest absolute Gasteiger partial charge is 0.338 e. The third-order valence-corrected chi connectivity index (χ3v) is 6.35. The summed E-state index contributed by atoms with van der Waals surface area (Å²) in [6.07, 6.45) is 0.372. The van der Waals surface area contributed by atoms with Gasteiger partial charge < -0.3 is 19.3 Å². The molecule has 1 aromatic carbocycles. The number of sulfone groups is 1. The molecule has 1 atom stereocenters. The van der Waals surface area contributed by atoms with Gasteiger partial charge in [0.1, 0.15) is 18.1 Å². The van der Waals surface area contributed by atoms with Crippen LogP contribution in [0.3, 0.4) is 0 Å². The van der Waals surface area contributed by atoms with Crippen LogP contribution in [0.1, 0.15) is 33.8 Å². The second-order valence-corrected chi connectivity index (χ2v) is 9.09. The lowest BCUT2D eigenvalue weighted by Gasteiger charge is -2.11. The fourth-order valence-corrected chi connectivity index (χ4v) is 4.62. The highest BCUT2D eigenvalue weighted by atomic mass is 32.2. The fourth-order valence-electron chi connectivity index (χ4n) is 2.94. The van der Waals surface area contributed by atoms with Gasteiger partial charge in [-0.25, -0.2) is 13.2 Å². The van der Waals surface area contributed by atoms with E-state index in [9.17, 15) is 18.0 Å². The molecule has 2 heterocycles. The van der Waals surface area contributed by atoms with Gasteiger partial charge in [0.25, 0.3) is 5.91 Å². The highest BCUT2D eigenvalue weighted by Crippen LogP contribution is 2.18. The number of ether oxygens (including phenoxy) is 2. The Balaban J connectivity index is 1.45. The third kappa shape index (κ3) is 5.57. The highest BCUT2D eigenvalue weighted by Gasteiger charge is 2.29. The number of amides is 1. The Morgan fingerprint density at radius 2 is 1.97 bits per heavy atom. The number of nitrogens with zero attached hydrogens (tertiary/aromatic N) is 1. The average Bonchev–Trinajstić information content (AvgIpc) is 3.19. The lowest BCUT2D eigenvalue weighted by molar-refractivity contribution is -0.124. The molecular formula is C19H22N2O7S. The van der Waals surface area contributed by atoms with Crippen LogP contribution < -0.4 is 10.1 Å². The van der Waals surface area contributed by atoms with Crippen molar-refractivity contribution in [1.29, 1.82) is 0 Å². The Bertz CT molecular complexity index is 977. The van der Waals surface area contributed by atoms with Crippen LogP contribution in [0.5, 0.6) is 5.75 Å². The standard InChI is InChI=1S/C19H22N2O7S/c1-12-17(13(2)28-21-12)9-26-16-5-3-14(4-6-16)19(23)27-10-18(22)20-15-7-8-29(24,25)11-15/h3-6,15H,7-11H2,1-2H3,(H,20,22)/t15-/m1/s1. The summed E-state index contributed by atoms with van der Waals surface area (Å²) in [4.78, 5) is 23.9. The molecule has 1 amide bonds. The molecule has 156 valence electrons. The van der Waals surface area contributed by atoms with Crippen molar-refractivity contribution in [3.8, 4) is 5.75 Å². The van der Waals surface area contributed by atoms with E-state index in [0.29, 0.717) is 24.5 Å². The van der Waals surface area contributed by atoms with E-state index >= 15 is 0 Å². The summed E-state index contributed by atoms with van der Waals surface area (Å²) in [6, 6.07) is 5.88. The highest BCUT2D eigenvalue weighted by molar-refractivity contribution is 7.91. The molecule has 9 nitrogen and oxygen atoms in total. The third-order valence-electron chi connectivity index (χ3n) is 4.59. The van der Waals surface area contributed by atoms with Gasteiger partial charge in [0, 0.05) is 6.04 Å². The minimum Gasteiger partial charge on any atom is -0.489 e. The molecule has 0 radical (unpaired) electrons. The van der Waals surface area contributed by atoms with Crippen LogP contribution in [0.4, 0.5) is 0 Å². The van der Waals surface area contributed by atoms with Crippen LogP contribution in [-0.4, -0.2) is 49.6 Å². The molecule has 0 spiro atoms. The van der Waals surface area contributed by atoms with Crippen LogP contribution in [0.15, 0.2) is 28.8 Å². The van der Waals surface area contributed by atoms with Crippen LogP contribution in [0, 0.1) is 13.8 Å². The van der Waals surface area contributed by atoms with Crippen molar-refractivity contribution in [1.82, 2.24) is 10.5 Å². The molecule has 1 aromatic heterocycles. The lowest BCUT2D eigenvalue weighted by Crippen LogP contribution is -2.38. The number of aromatic nitrogens is 1. The first-order valence-electron chi connectivity index (χ1n) is 9.05. The van der Waals surface area contributed by atoms with E-state index < -0.39 is 34.4 Å².